The van der Waals surface area contributed by atoms with Gasteiger partial charge >= 0.3 is 0 Å². The second kappa shape index (κ2) is 7.51. The minimum absolute atomic E-state index is 0.0563. The molecule has 2 aromatic carbocycles. The van der Waals surface area contributed by atoms with Crippen LogP contribution < -0.4 is 0 Å². The molecule has 2 aromatic rings. The molecule has 3 nitrogen and oxygen atoms in total. The summed E-state index contributed by atoms with van der Waals surface area (Å²) >= 11 is 12.1. The highest BCUT2D eigenvalue weighted by Gasteiger charge is 2.22. The number of halogens is 3. The van der Waals surface area contributed by atoms with E-state index in [1.165, 1.54) is 24.3 Å². The minimum atomic E-state index is -0.337. The van der Waals surface area contributed by atoms with Gasteiger partial charge in [-0.3, -0.25) is 9.69 Å². The fourth-order valence-corrected chi connectivity index (χ4v) is 3.24. The topological polar surface area (TPSA) is 23.6 Å². The second-order valence-electron chi connectivity index (χ2n) is 5.81. The van der Waals surface area contributed by atoms with E-state index in [0.717, 1.165) is 25.2 Å². The lowest BCUT2D eigenvalue weighted by molar-refractivity contribution is 0.0628. The summed E-state index contributed by atoms with van der Waals surface area (Å²) in [6.07, 6.45) is 0. The second-order valence-corrected chi connectivity index (χ2v) is 6.65. The maximum atomic E-state index is 13.0. The molecule has 0 radical (unpaired) electrons. The average molecular weight is 367 g/mol. The van der Waals surface area contributed by atoms with Crippen LogP contribution in [-0.2, 0) is 6.54 Å². The predicted molar refractivity (Wildman–Crippen MR) is 94.0 cm³/mol. The van der Waals surface area contributed by atoms with Crippen molar-refractivity contribution < 1.29 is 9.18 Å². The summed E-state index contributed by atoms with van der Waals surface area (Å²) in [7, 11) is 0. The number of rotatable bonds is 3. The normalized spacial score (nSPS) is 15.5. The van der Waals surface area contributed by atoms with Gasteiger partial charge in [0.05, 0.1) is 0 Å². The molecule has 0 N–H and O–H groups in total. The summed E-state index contributed by atoms with van der Waals surface area (Å²) in [5, 5.41) is 1.28. The first-order valence-electron chi connectivity index (χ1n) is 7.74. The van der Waals surface area contributed by atoms with Gasteiger partial charge in [0.25, 0.3) is 5.91 Å². The van der Waals surface area contributed by atoms with E-state index in [9.17, 15) is 9.18 Å². The van der Waals surface area contributed by atoms with Crippen molar-refractivity contribution in [2.75, 3.05) is 26.2 Å². The van der Waals surface area contributed by atoms with Gasteiger partial charge in [0.15, 0.2) is 0 Å². The van der Waals surface area contributed by atoms with Crippen LogP contribution in [0.4, 0.5) is 4.39 Å². The quantitative estimate of drug-likeness (QED) is 0.816. The highest BCUT2D eigenvalue weighted by Crippen LogP contribution is 2.23. The summed E-state index contributed by atoms with van der Waals surface area (Å²) in [6.45, 7) is 3.55. The number of benzene rings is 2. The van der Waals surface area contributed by atoms with E-state index in [1.54, 1.807) is 11.0 Å². The van der Waals surface area contributed by atoms with E-state index >= 15 is 0 Å². The molecule has 0 saturated carbocycles. The van der Waals surface area contributed by atoms with Crippen LogP contribution in [0, 0.1) is 5.82 Å². The summed E-state index contributed by atoms with van der Waals surface area (Å²) in [5.41, 5.74) is 1.55. The van der Waals surface area contributed by atoms with Crippen molar-refractivity contribution in [3.8, 4) is 0 Å². The molecule has 1 fully saturated rings. The number of piperazine rings is 1. The lowest BCUT2D eigenvalue weighted by Gasteiger charge is -2.35. The molecule has 0 atom stereocenters. The van der Waals surface area contributed by atoms with Gasteiger partial charge in [-0.2, -0.15) is 0 Å². The van der Waals surface area contributed by atoms with Crippen molar-refractivity contribution in [3.05, 3.63) is 69.5 Å². The number of nitrogens with zero attached hydrogens (tertiary/aromatic N) is 2. The summed E-state index contributed by atoms with van der Waals surface area (Å²) in [5.74, 6) is -0.393. The molecular formula is C18H17Cl2FN2O. The van der Waals surface area contributed by atoms with Crippen molar-refractivity contribution in [1.82, 2.24) is 9.80 Å². The Morgan fingerprint density at radius 1 is 1.00 bits per heavy atom. The molecule has 0 bridgehead atoms. The maximum Gasteiger partial charge on any atom is 0.253 e. The molecule has 0 aromatic heterocycles. The van der Waals surface area contributed by atoms with E-state index in [4.69, 9.17) is 23.2 Å². The molecule has 24 heavy (non-hydrogen) atoms. The van der Waals surface area contributed by atoms with Crippen LogP contribution in [0.25, 0.3) is 0 Å². The lowest BCUT2D eigenvalue weighted by atomic mass is 10.1. The van der Waals surface area contributed by atoms with Gasteiger partial charge in [-0.25, -0.2) is 4.39 Å². The van der Waals surface area contributed by atoms with Crippen molar-refractivity contribution in [2.24, 2.45) is 0 Å². The highest BCUT2D eigenvalue weighted by atomic mass is 35.5. The molecule has 3 rings (SSSR count). The average Bonchev–Trinajstić information content (AvgIpc) is 2.58. The fourth-order valence-electron chi connectivity index (χ4n) is 2.77. The zero-order chi connectivity index (χ0) is 17.1. The van der Waals surface area contributed by atoms with Gasteiger partial charge in [0.2, 0.25) is 0 Å². The van der Waals surface area contributed by atoms with Gasteiger partial charge in [0, 0.05) is 48.3 Å². The van der Waals surface area contributed by atoms with Crippen LogP contribution >= 0.6 is 23.2 Å². The number of amides is 1. The molecule has 1 saturated heterocycles. The summed E-state index contributed by atoms with van der Waals surface area (Å²) in [6, 6.07) is 11.2. The molecule has 1 aliphatic rings. The number of carbonyl (C=O) groups is 1. The van der Waals surface area contributed by atoms with Gasteiger partial charge in [-0.1, -0.05) is 29.3 Å². The Kier molecular flexibility index (Phi) is 5.39. The Morgan fingerprint density at radius 2 is 1.67 bits per heavy atom. The zero-order valence-corrected chi connectivity index (χ0v) is 14.5. The third-order valence-electron chi connectivity index (χ3n) is 4.16. The molecule has 1 aliphatic heterocycles. The van der Waals surface area contributed by atoms with Gasteiger partial charge in [0.1, 0.15) is 5.82 Å². The first-order chi connectivity index (χ1) is 11.5. The molecule has 0 unspecified atom stereocenters. The van der Waals surface area contributed by atoms with Crippen molar-refractivity contribution >= 4 is 29.1 Å². The Labute approximate surface area is 150 Å². The van der Waals surface area contributed by atoms with Crippen molar-refractivity contribution in [3.63, 3.8) is 0 Å². The molecule has 1 amide bonds. The van der Waals surface area contributed by atoms with E-state index in [2.05, 4.69) is 4.90 Å². The van der Waals surface area contributed by atoms with Crippen LogP contribution in [0.15, 0.2) is 42.5 Å². The van der Waals surface area contributed by atoms with Crippen LogP contribution in [0.5, 0.6) is 0 Å². The Bertz CT molecular complexity index is 728. The fraction of sp³-hybridized carbons (Fsp3) is 0.278. The minimum Gasteiger partial charge on any atom is -0.336 e. The molecular weight excluding hydrogens is 350 g/mol. The molecule has 6 heteroatoms. The van der Waals surface area contributed by atoms with E-state index < -0.39 is 0 Å². The Balaban J connectivity index is 1.57. The number of hydrogen-bond acceptors (Lipinski definition) is 2. The third kappa shape index (κ3) is 4.07. The molecule has 126 valence electrons. The molecule has 0 aliphatic carbocycles. The third-order valence-corrected chi connectivity index (χ3v) is 4.75. The first-order valence-corrected chi connectivity index (χ1v) is 8.49. The number of hydrogen-bond donors (Lipinski definition) is 0. The van der Waals surface area contributed by atoms with Crippen LogP contribution in [0.3, 0.4) is 0 Å². The largest absolute Gasteiger partial charge is 0.336 e. The van der Waals surface area contributed by atoms with Gasteiger partial charge in [-0.15, -0.1) is 0 Å². The SMILES string of the molecule is O=C(c1ccc(F)cc1)N1CCN(Cc2ccc(Cl)cc2Cl)CC1. The first kappa shape index (κ1) is 17.2. The Hall–Kier alpha value is -1.62. The summed E-state index contributed by atoms with van der Waals surface area (Å²) < 4.78 is 13.0. The number of carbonyl (C=O) groups excluding carboxylic acids is 1. The highest BCUT2D eigenvalue weighted by molar-refractivity contribution is 6.35. The monoisotopic (exact) mass is 366 g/mol. The van der Waals surface area contributed by atoms with Crippen LogP contribution in [0.2, 0.25) is 10.0 Å². The zero-order valence-electron chi connectivity index (χ0n) is 13.0. The predicted octanol–water partition coefficient (Wildman–Crippen LogP) is 4.09. The van der Waals surface area contributed by atoms with Crippen LogP contribution in [0.1, 0.15) is 15.9 Å². The lowest BCUT2D eigenvalue weighted by Crippen LogP contribution is -2.48. The maximum absolute atomic E-state index is 13.0. The van der Waals surface area contributed by atoms with Gasteiger partial charge < -0.3 is 4.90 Å². The molecule has 0 spiro atoms. The van der Waals surface area contributed by atoms with Crippen molar-refractivity contribution in [2.45, 2.75) is 6.54 Å². The van der Waals surface area contributed by atoms with E-state index in [-0.39, 0.29) is 11.7 Å². The summed E-state index contributed by atoms with van der Waals surface area (Å²) in [4.78, 5) is 16.5. The van der Waals surface area contributed by atoms with E-state index in [1.807, 2.05) is 12.1 Å². The van der Waals surface area contributed by atoms with E-state index in [0.29, 0.717) is 28.7 Å². The smallest absolute Gasteiger partial charge is 0.253 e. The van der Waals surface area contributed by atoms with Crippen molar-refractivity contribution in [1.29, 1.82) is 0 Å². The standard InChI is InChI=1S/C18H17Cl2FN2O/c19-15-4-1-14(17(20)11-15)12-22-7-9-23(10-8-22)18(24)13-2-5-16(21)6-3-13/h1-6,11H,7-10,12H2. The Morgan fingerprint density at radius 3 is 2.29 bits per heavy atom. The van der Waals surface area contributed by atoms with Gasteiger partial charge in [-0.05, 0) is 42.0 Å². The van der Waals surface area contributed by atoms with Crippen LogP contribution in [-0.4, -0.2) is 41.9 Å². The molecule has 1 heterocycles.